The first-order valence-electron chi connectivity index (χ1n) is 9.37. The Bertz CT molecular complexity index is 1020. The summed E-state index contributed by atoms with van der Waals surface area (Å²) in [7, 11) is 0. The van der Waals surface area contributed by atoms with Gasteiger partial charge in [0.1, 0.15) is 10.8 Å². The summed E-state index contributed by atoms with van der Waals surface area (Å²) in [5.41, 5.74) is 1.32. The van der Waals surface area contributed by atoms with E-state index in [9.17, 15) is 9.59 Å². The summed E-state index contributed by atoms with van der Waals surface area (Å²) in [6, 6.07) is 16.6. The second-order valence-corrected chi connectivity index (χ2v) is 7.58. The fraction of sp³-hybridized carbons (Fsp3) is 0.238. The van der Waals surface area contributed by atoms with Gasteiger partial charge in [-0.05, 0) is 31.2 Å². The predicted molar refractivity (Wildman–Crippen MR) is 112 cm³/mol. The van der Waals surface area contributed by atoms with Crippen molar-refractivity contribution in [3.05, 3.63) is 65.2 Å². The van der Waals surface area contributed by atoms with E-state index in [-0.39, 0.29) is 17.7 Å². The molecule has 1 aliphatic heterocycles. The molecule has 29 heavy (non-hydrogen) atoms. The molecule has 148 valence electrons. The number of para-hydroxylation sites is 2. The van der Waals surface area contributed by atoms with E-state index in [0.717, 1.165) is 10.7 Å². The number of ether oxygens (including phenoxy) is 1. The molecule has 1 aliphatic rings. The van der Waals surface area contributed by atoms with Crippen LogP contribution in [-0.4, -0.2) is 35.2 Å². The third-order valence-electron chi connectivity index (χ3n) is 4.63. The first-order chi connectivity index (χ1) is 14.2. The van der Waals surface area contributed by atoms with Crippen molar-refractivity contribution in [1.82, 2.24) is 10.2 Å². The van der Waals surface area contributed by atoms with Gasteiger partial charge in [-0.15, -0.1) is 10.2 Å². The number of hydrogen-bond donors (Lipinski definition) is 1. The van der Waals surface area contributed by atoms with Crippen LogP contribution in [0.5, 0.6) is 5.75 Å². The van der Waals surface area contributed by atoms with Crippen molar-refractivity contribution in [3.8, 4) is 5.75 Å². The minimum atomic E-state index is -0.301. The molecular weight excluding hydrogens is 388 g/mol. The quantitative estimate of drug-likeness (QED) is 0.672. The molecule has 0 unspecified atom stereocenters. The number of carbonyl (C=O) groups excluding carboxylic acids is 2. The molecule has 1 aromatic heterocycles. The van der Waals surface area contributed by atoms with Gasteiger partial charge >= 0.3 is 0 Å². The molecule has 0 spiro atoms. The van der Waals surface area contributed by atoms with E-state index >= 15 is 0 Å². The van der Waals surface area contributed by atoms with Crippen molar-refractivity contribution < 1.29 is 14.3 Å². The third-order valence-corrected chi connectivity index (χ3v) is 5.64. The van der Waals surface area contributed by atoms with Gasteiger partial charge in [0.2, 0.25) is 11.0 Å². The maximum atomic E-state index is 12.6. The number of nitrogens with one attached hydrogen (secondary N) is 1. The SMILES string of the molecule is CCOc1ccccc1C(=O)Nc1nnc([C@@H]2CC(=O)N(c3ccccc3)C2)s1. The molecule has 2 aromatic carbocycles. The average molecular weight is 408 g/mol. The monoisotopic (exact) mass is 408 g/mol. The molecule has 3 aromatic rings. The van der Waals surface area contributed by atoms with Crippen LogP contribution in [-0.2, 0) is 4.79 Å². The lowest BCUT2D eigenvalue weighted by molar-refractivity contribution is -0.117. The number of anilines is 2. The van der Waals surface area contributed by atoms with Gasteiger partial charge in [0.25, 0.3) is 5.91 Å². The van der Waals surface area contributed by atoms with Crippen molar-refractivity contribution in [2.45, 2.75) is 19.3 Å². The summed E-state index contributed by atoms with van der Waals surface area (Å²) >= 11 is 1.30. The molecule has 2 amide bonds. The van der Waals surface area contributed by atoms with Crippen molar-refractivity contribution in [1.29, 1.82) is 0 Å². The van der Waals surface area contributed by atoms with Crippen LogP contribution in [0, 0.1) is 0 Å². The van der Waals surface area contributed by atoms with Gasteiger partial charge in [0.15, 0.2) is 0 Å². The minimum Gasteiger partial charge on any atom is -0.493 e. The average Bonchev–Trinajstić information content (AvgIpc) is 3.36. The van der Waals surface area contributed by atoms with Gasteiger partial charge in [-0.25, -0.2) is 0 Å². The highest BCUT2D eigenvalue weighted by atomic mass is 32.1. The number of aromatic nitrogens is 2. The van der Waals surface area contributed by atoms with Crippen LogP contribution in [0.3, 0.4) is 0 Å². The Morgan fingerprint density at radius 3 is 2.72 bits per heavy atom. The zero-order chi connectivity index (χ0) is 20.2. The Morgan fingerprint density at radius 1 is 1.17 bits per heavy atom. The van der Waals surface area contributed by atoms with Crippen molar-refractivity contribution in [2.75, 3.05) is 23.4 Å². The van der Waals surface area contributed by atoms with Gasteiger partial charge in [-0.1, -0.05) is 41.7 Å². The van der Waals surface area contributed by atoms with Gasteiger partial charge in [0, 0.05) is 24.6 Å². The molecule has 0 saturated carbocycles. The molecule has 1 saturated heterocycles. The lowest BCUT2D eigenvalue weighted by Gasteiger charge is -2.15. The smallest absolute Gasteiger partial charge is 0.261 e. The van der Waals surface area contributed by atoms with Crippen molar-refractivity contribution >= 4 is 34.0 Å². The first kappa shape index (κ1) is 19.1. The highest BCUT2D eigenvalue weighted by Gasteiger charge is 2.34. The summed E-state index contributed by atoms with van der Waals surface area (Å²) < 4.78 is 5.51. The Kier molecular flexibility index (Phi) is 5.53. The first-order valence-corrected chi connectivity index (χ1v) is 10.2. The molecular formula is C21H20N4O3S. The van der Waals surface area contributed by atoms with Gasteiger partial charge in [-0.2, -0.15) is 0 Å². The van der Waals surface area contributed by atoms with Crippen LogP contribution in [0.4, 0.5) is 10.8 Å². The van der Waals surface area contributed by atoms with Crippen LogP contribution >= 0.6 is 11.3 Å². The van der Waals surface area contributed by atoms with Crippen LogP contribution in [0.2, 0.25) is 0 Å². The maximum absolute atomic E-state index is 12.6. The van der Waals surface area contributed by atoms with Crippen molar-refractivity contribution in [2.24, 2.45) is 0 Å². The van der Waals surface area contributed by atoms with Crippen LogP contribution in [0.25, 0.3) is 0 Å². The van der Waals surface area contributed by atoms with E-state index in [1.807, 2.05) is 43.3 Å². The standard InChI is InChI=1S/C21H20N4O3S/c1-2-28-17-11-7-6-10-16(17)19(27)22-21-24-23-20(29-21)14-12-18(26)25(13-14)15-8-4-3-5-9-15/h3-11,14H,2,12-13H2,1H3,(H,22,24,27)/t14-/m1/s1. The molecule has 1 atom stereocenters. The van der Waals surface area contributed by atoms with Crippen LogP contribution < -0.4 is 15.0 Å². The fourth-order valence-corrected chi connectivity index (χ4v) is 4.11. The molecule has 0 bridgehead atoms. The number of hydrogen-bond acceptors (Lipinski definition) is 6. The molecule has 1 fully saturated rings. The van der Waals surface area contributed by atoms with E-state index < -0.39 is 0 Å². The molecule has 7 nitrogen and oxygen atoms in total. The van der Waals surface area contributed by atoms with E-state index in [0.29, 0.717) is 36.0 Å². The van der Waals surface area contributed by atoms with E-state index in [1.54, 1.807) is 23.1 Å². The number of nitrogens with zero attached hydrogens (tertiary/aromatic N) is 3. The van der Waals surface area contributed by atoms with Crippen LogP contribution in [0.1, 0.15) is 34.6 Å². The topological polar surface area (TPSA) is 84.4 Å². The Balaban J connectivity index is 1.45. The lowest BCUT2D eigenvalue weighted by Crippen LogP contribution is -2.24. The van der Waals surface area contributed by atoms with E-state index in [4.69, 9.17) is 4.74 Å². The summed E-state index contributed by atoms with van der Waals surface area (Å²) in [4.78, 5) is 26.8. The predicted octanol–water partition coefficient (Wildman–Crippen LogP) is 3.71. The fourth-order valence-electron chi connectivity index (χ4n) is 3.28. The summed E-state index contributed by atoms with van der Waals surface area (Å²) in [5.74, 6) is 0.247. The minimum absolute atomic E-state index is 0.0402. The maximum Gasteiger partial charge on any atom is 0.261 e. The Labute approximate surface area is 172 Å². The third kappa shape index (κ3) is 4.12. The molecule has 4 rings (SSSR count). The lowest BCUT2D eigenvalue weighted by atomic mass is 10.1. The molecule has 0 aliphatic carbocycles. The van der Waals surface area contributed by atoms with E-state index in [2.05, 4.69) is 15.5 Å². The van der Waals surface area contributed by atoms with Gasteiger partial charge in [0.05, 0.1) is 12.2 Å². The second-order valence-electron chi connectivity index (χ2n) is 6.57. The number of amides is 2. The molecule has 1 N–H and O–H groups in total. The number of carbonyl (C=O) groups is 2. The van der Waals surface area contributed by atoms with Gasteiger partial charge < -0.3 is 9.64 Å². The zero-order valence-electron chi connectivity index (χ0n) is 15.9. The normalized spacial score (nSPS) is 16.1. The summed E-state index contributed by atoms with van der Waals surface area (Å²) in [5, 5.41) is 12.2. The molecule has 2 heterocycles. The second kappa shape index (κ2) is 8.40. The Morgan fingerprint density at radius 2 is 1.93 bits per heavy atom. The van der Waals surface area contributed by atoms with Crippen LogP contribution in [0.15, 0.2) is 54.6 Å². The summed E-state index contributed by atoms with van der Waals surface area (Å²) in [6.45, 7) is 2.90. The van der Waals surface area contributed by atoms with Gasteiger partial charge in [-0.3, -0.25) is 14.9 Å². The number of rotatable bonds is 6. The van der Waals surface area contributed by atoms with E-state index in [1.165, 1.54) is 11.3 Å². The highest BCUT2D eigenvalue weighted by Crippen LogP contribution is 2.34. The summed E-state index contributed by atoms with van der Waals surface area (Å²) in [6.07, 6.45) is 0.380. The molecule has 0 radical (unpaired) electrons. The Hall–Kier alpha value is -3.26. The van der Waals surface area contributed by atoms with Crippen molar-refractivity contribution in [3.63, 3.8) is 0 Å². The zero-order valence-corrected chi connectivity index (χ0v) is 16.7. The highest BCUT2D eigenvalue weighted by molar-refractivity contribution is 7.15. The largest absolute Gasteiger partial charge is 0.493 e. The molecule has 8 heteroatoms. The number of benzene rings is 2.